The van der Waals surface area contributed by atoms with Crippen LogP contribution >= 0.6 is 11.6 Å². The molecule has 0 saturated carbocycles. The second-order valence-electron chi connectivity index (χ2n) is 4.06. The molecule has 4 heteroatoms. The van der Waals surface area contributed by atoms with Crippen molar-refractivity contribution in [3.63, 3.8) is 0 Å². The molecule has 3 nitrogen and oxygen atoms in total. The maximum Gasteiger partial charge on any atom is 0.341 e. The summed E-state index contributed by atoms with van der Waals surface area (Å²) in [6, 6.07) is 3.67. The molecule has 1 aromatic rings. The van der Waals surface area contributed by atoms with E-state index in [9.17, 15) is 4.79 Å². The number of esters is 1. The minimum Gasteiger partial charge on any atom is -0.488 e. The first-order chi connectivity index (χ1) is 8.17. The van der Waals surface area contributed by atoms with Crippen molar-refractivity contribution in [3.05, 3.63) is 28.8 Å². The Morgan fingerprint density at radius 1 is 1.59 bits per heavy atom. The SMILES string of the molecule is CCOC(=O)c1ccc(C)c2c1OC(CCl)C2. The zero-order chi connectivity index (χ0) is 12.4. The predicted octanol–water partition coefficient (Wildman–Crippen LogP) is 2.71. The number of carbonyl (C=O) groups is 1. The van der Waals surface area contributed by atoms with Crippen LogP contribution in [0.3, 0.4) is 0 Å². The number of aryl methyl sites for hydroxylation is 1. The fraction of sp³-hybridized carbons (Fsp3) is 0.462. The molecule has 92 valence electrons. The number of ether oxygens (including phenoxy) is 2. The number of fused-ring (bicyclic) bond motifs is 1. The summed E-state index contributed by atoms with van der Waals surface area (Å²) < 4.78 is 10.7. The number of halogens is 1. The molecule has 2 rings (SSSR count). The van der Waals surface area contributed by atoms with Crippen LogP contribution in [-0.2, 0) is 11.2 Å². The minimum atomic E-state index is -0.334. The van der Waals surface area contributed by atoms with E-state index in [1.54, 1.807) is 13.0 Å². The van der Waals surface area contributed by atoms with E-state index in [0.717, 1.165) is 17.5 Å². The molecule has 1 heterocycles. The summed E-state index contributed by atoms with van der Waals surface area (Å²) >= 11 is 5.80. The van der Waals surface area contributed by atoms with Gasteiger partial charge in [-0.2, -0.15) is 0 Å². The summed E-state index contributed by atoms with van der Waals surface area (Å²) in [5, 5.41) is 0. The molecule has 0 N–H and O–H groups in total. The molecule has 1 aliphatic heterocycles. The second kappa shape index (κ2) is 4.96. The standard InChI is InChI=1S/C13H15ClO3/c1-3-16-13(15)10-5-4-8(2)11-6-9(7-14)17-12(10)11/h4-5,9H,3,6-7H2,1-2H3. The van der Waals surface area contributed by atoms with E-state index in [2.05, 4.69) is 0 Å². The van der Waals surface area contributed by atoms with Crippen molar-refractivity contribution in [3.8, 4) is 5.75 Å². The average Bonchev–Trinajstić information content (AvgIpc) is 2.74. The molecule has 0 aliphatic carbocycles. The van der Waals surface area contributed by atoms with E-state index in [-0.39, 0.29) is 12.1 Å². The third-order valence-corrected chi connectivity index (χ3v) is 3.22. The second-order valence-corrected chi connectivity index (χ2v) is 4.37. The van der Waals surface area contributed by atoms with Crippen molar-refractivity contribution in [2.75, 3.05) is 12.5 Å². The smallest absolute Gasteiger partial charge is 0.341 e. The van der Waals surface area contributed by atoms with E-state index >= 15 is 0 Å². The summed E-state index contributed by atoms with van der Waals surface area (Å²) in [5.41, 5.74) is 2.70. The van der Waals surface area contributed by atoms with Gasteiger partial charge in [-0.1, -0.05) is 6.07 Å². The fourth-order valence-corrected chi connectivity index (χ4v) is 2.18. The zero-order valence-electron chi connectivity index (χ0n) is 9.96. The van der Waals surface area contributed by atoms with Gasteiger partial charge in [-0.25, -0.2) is 4.79 Å². The molecule has 0 bridgehead atoms. The molecular weight excluding hydrogens is 240 g/mol. The van der Waals surface area contributed by atoms with Crippen LogP contribution in [0.4, 0.5) is 0 Å². The minimum absolute atomic E-state index is 0.0408. The van der Waals surface area contributed by atoms with Crippen LogP contribution in [0.15, 0.2) is 12.1 Å². The summed E-state index contributed by atoms with van der Waals surface area (Å²) in [7, 11) is 0. The largest absolute Gasteiger partial charge is 0.488 e. The van der Waals surface area contributed by atoms with Crippen LogP contribution < -0.4 is 4.74 Å². The number of hydrogen-bond donors (Lipinski definition) is 0. The summed E-state index contributed by atoms with van der Waals surface area (Å²) in [4.78, 5) is 11.8. The van der Waals surface area contributed by atoms with Gasteiger partial charge in [0, 0.05) is 12.0 Å². The van der Waals surface area contributed by atoms with Gasteiger partial charge in [-0.15, -0.1) is 11.6 Å². The molecular formula is C13H15ClO3. The number of hydrogen-bond acceptors (Lipinski definition) is 3. The Labute approximate surface area is 106 Å². The highest BCUT2D eigenvalue weighted by molar-refractivity contribution is 6.18. The number of benzene rings is 1. The van der Waals surface area contributed by atoms with Gasteiger partial charge in [0.05, 0.1) is 12.5 Å². The molecule has 1 unspecified atom stereocenters. The van der Waals surface area contributed by atoms with E-state index in [1.807, 2.05) is 13.0 Å². The monoisotopic (exact) mass is 254 g/mol. The van der Waals surface area contributed by atoms with Crippen molar-refractivity contribution >= 4 is 17.6 Å². The predicted molar refractivity (Wildman–Crippen MR) is 66.0 cm³/mol. The van der Waals surface area contributed by atoms with Gasteiger partial charge < -0.3 is 9.47 Å². The average molecular weight is 255 g/mol. The van der Waals surface area contributed by atoms with Crippen molar-refractivity contribution < 1.29 is 14.3 Å². The Morgan fingerprint density at radius 2 is 2.35 bits per heavy atom. The molecule has 0 amide bonds. The highest BCUT2D eigenvalue weighted by Gasteiger charge is 2.28. The number of alkyl halides is 1. The van der Waals surface area contributed by atoms with Gasteiger partial charge in [0.25, 0.3) is 0 Å². The lowest BCUT2D eigenvalue weighted by Gasteiger charge is -2.10. The Morgan fingerprint density at radius 3 is 3.00 bits per heavy atom. The van der Waals surface area contributed by atoms with E-state index in [0.29, 0.717) is 23.8 Å². The van der Waals surface area contributed by atoms with Gasteiger partial charge in [0.15, 0.2) is 0 Å². The molecule has 1 aliphatic rings. The van der Waals surface area contributed by atoms with Crippen molar-refractivity contribution in [1.29, 1.82) is 0 Å². The first-order valence-corrected chi connectivity index (χ1v) is 6.23. The lowest BCUT2D eigenvalue weighted by molar-refractivity contribution is 0.0521. The molecule has 0 spiro atoms. The van der Waals surface area contributed by atoms with Gasteiger partial charge in [0.2, 0.25) is 0 Å². The Kier molecular flexibility index (Phi) is 3.57. The van der Waals surface area contributed by atoms with E-state index in [4.69, 9.17) is 21.1 Å². The Hall–Kier alpha value is -1.22. The van der Waals surface area contributed by atoms with Crippen LogP contribution in [0.2, 0.25) is 0 Å². The molecule has 0 aromatic heterocycles. The van der Waals surface area contributed by atoms with Crippen molar-refractivity contribution in [2.24, 2.45) is 0 Å². The number of rotatable bonds is 3. The van der Waals surface area contributed by atoms with Gasteiger partial charge in [-0.05, 0) is 25.5 Å². The molecule has 0 fully saturated rings. The van der Waals surface area contributed by atoms with Crippen LogP contribution in [0, 0.1) is 6.92 Å². The molecule has 0 radical (unpaired) electrons. The van der Waals surface area contributed by atoms with E-state index in [1.165, 1.54) is 0 Å². The lowest BCUT2D eigenvalue weighted by Crippen LogP contribution is -2.15. The molecule has 1 atom stereocenters. The summed E-state index contributed by atoms with van der Waals surface area (Å²) in [6.45, 7) is 4.16. The Bertz CT molecular complexity index is 443. The third kappa shape index (κ3) is 2.25. The van der Waals surface area contributed by atoms with Crippen LogP contribution in [0.5, 0.6) is 5.75 Å². The molecule has 0 saturated heterocycles. The molecule has 1 aromatic carbocycles. The van der Waals surface area contributed by atoms with Gasteiger partial charge in [-0.3, -0.25) is 0 Å². The van der Waals surface area contributed by atoms with Crippen LogP contribution in [0.1, 0.15) is 28.4 Å². The first kappa shape index (κ1) is 12.2. The van der Waals surface area contributed by atoms with Crippen molar-refractivity contribution in [1.82, 2.24) is 0 Å². The Balaban J connectivity index is 2.38. The first-order valence-electron chi connectivity index (χ1n) is 5.69. The highest BCUT2D eigenvalue weighted by Crippen LogP contribution is 2.35. The molecule has 17 heavy (non-hydrogen) atoms. The third-order valence-electron chi connectivity index (χ3n) is 2.88. The maximum atomic E-state index is 11.8. The normalized spacial score (nSPS) is 17.5. The highest BCUT2D eigenvalue weighted by atomic mass is 35.5. The quantitative estimate of drug-likeness (QED) is 0.615. The topological polar surface area (TPSA) is 35.5 Å². The van der Waals surface area contributed by atoms with Crippen molar-refractivity contribution in [2.45, 2.75) is 26.4 Å². The number of carbonyl (C=O) groups excluding carboxylic acids is 1. The fourth-order valence-electron chi connectivity index (χ4n) is 2.01. The summed E-state index contributed by atoms with van der Waals surface area (Å²) in [6.07, 6.45) is 0.721. The maximum absolute atomic E-state index is 11.8. The van der Waals surface area contributed by atoms with Gasteiger partial charge in [0.1, 0.15) is 17.4 Å². The summed E-state index contributed by atoms with van der Waals surface area (Å²) in [5.74, 6) is 0.740. The lowest BCUT2D eigenvalue weighted by atomic mass is 10.0. The van der Waals surface area contributed by atoms with E-state index < -0.39 is 0 Å². The van der Waals surface area contributed by atoms with Gasteiger partial charge >= 0.3 is 5.97 Å². The zero-order valence-corrected chi connectivity index (χ0v) is 10.7. The van der Waals surface area contributed by atoms with Crippen LogP contribution in [0.25, 0.3) is 0 Å². The van der Waals surface area contributed by atoms with Crippen LogP contribution in [-0.4, -0.2) is 24.6 Å².